The minimum atomic E-state index is -0.0166. The van der Waals surface area contributed by atoms with E-state index in [9.17, 15) is 4.79 Å². The first-order valence-electron chi connectivity index (χ1n) is 8.75. The van der Waals surface area contributed by atoms with E-state index in [0.29, 0.717) is 0 Å². The van der Waals surface area contributed by atoms with Crippen LogP contribution in [0, 0.1) is 5.92 Å². The zero-order valence-electron chi connectivity index (χ0n) is 14.1. The predicted molar refractivity (Wildman–Crippen MR) is 91.9 cm³/mol. The summed E-state index contributed by atoms with van der Waals surface area (Å²) in [6.45, 7) is 8.74. The first-order valence-corrected chi connectivity index (χ1v) is 8.75. The minimum Gasteiger partial charge on any atom is -0.356 e. The molecular formula is C19H30N2O. The Labute approximate surface area is 135 Å². The molecule has 1 amide bonds. The fraction of sp³-hybridized carbons (Fsp3) is 0.632. The molecule has 2 rings (SSSR count). The van der Waals surface area contributed by atoms with Gasteiger partial charge in [0.05, 0.1) is 5.92 Å². The highest BCUT2D eigenvalue weighted by atomic mass is 16.1. The lowest BCUT2D eigenvalue weighted by Gasteiger charge is -2.30. The van der Waals surface area contributed by atoms with E-state index in [1.54, 1.807) is 0 Å². The fourth-order valence-corrected chi connectivity index (χ4v) is 3.18. The van der Waals surface area contributed by atoms with Crippen molar-refractivity contribution in [1.29, 1.82) is 0 Å². The van der Waals surface area contributed by atoms with E-state index in [-0.39, 0.29) is 11.8 Å². The molecule has 1 aromatic rings. The highest BCUT2D eigenvalue weighted by molar-refractivity contribution is 5.83. The second kappa shape index (κ2) is 8.94. The van der Waals surface area contributed by atoms with Crippen LogP contribution in [0.2, 0.25) is 0 Å². The van der Waals surface area contributed by atoms with Crippen LogP contribution >= 0.6 is 0 Å². The van der Waals surface area contributed by atoms with Gasteiger partial charge in [-0.15, -0.1) is 0 Å². The Morgan fingerprint density at radius 1 is 1.27 bits per heavy atom. The number of amides is 1. The molecule has 1 saturated heterocycles. The molecule has 0 bridgehead atoms. The Kier molecular flexibility index (Phi) is 6.91. The van der Waals surface area contributed by atoms with E-state index in [1.807, 2.05) is 30.3 Å². The van der Waals surface area contributed by atoms with Gasteiger partial charge in [-0.1, -0.05) is 44.2 Å². The molecule has 1 N–H and O–H groups in total. The third-order valence-electron chi connectivity index (χ3n) is 4.75. The van der Waals surface area contributed by atoms with Gasteiger partial charge >= 0.3 is 0 Å². The maximum Gasteiger partial charge on any atom is 0.227 e. The lowest BCUT2D eigenvalue weighted by molar-refractivity contribution is -0.122. The van der Waals surface area contributed by atoms with Crippen LogP contribution in [0.5, 0.6) is 0 Å². The molecule has 122 valence electrons. The lowest BCUT2D eigenvalue weighted by Crippen LogP contribution is -2.36. The van der Waals surface area contributed by atoms with Crippen molar-refractivity contribution in [1.82, 2.24) is 10.2 Å². The monoisotopic (exact) mass is 302 g/mol. The number of likely N-dealkylation sites (tertiary alicyclic amines) is 1. The number of hydrogen-bond acceptors (Lipinski definition) is 2. The van der Waals surface area contributed by atoms with E-state index < -0.39 is 0 Å². The van der Waals surface area contributed by atoms with Crippen molar-refractivity contribution in [2.75, 3.05) is 26.2 Å². The summed E-state index contributed by atoms with van der Waals surface area (Å²) < 4.78 is 0. The fourth-order valence-electron chi connectivity index (χ4n) is 3.18. The molecule has 0 saturated carbocycles. The SMILES string of the molecule is CCC(C(=O)NCCCN1CCC(C)CC1)c1ccccc1. The summed E-state index contributed by atoms with van der Waals surface area (Å²) in [6.07, 6.45) is 4.53. The molecule has 3 heteroatoms. The maximum atomic E-state index is 12.3. The number of nitrogens with one attached hydrogen (secondary N) is 1. The molecule has 0 spiro atoms. The molecule has 3 nitrogen and oxygen atoms in total. The van der Waals surface area contributed by atoms with E-state index in [0.717, 1.165) is 37.4 Å². The van der Waals surface area contributed by atoms with Gasteiger partial charge in [0.1, 0.15) is 0 Å². The van der Waals surface area contributed by atoms with Crippen LogP contribution in [0.1, 0.15) is 51.0 Å². The Morgan fingerprint density at radius 3 is 2.59 bits per heavy atom. The van der Waals surface area contributed by atoms with Crippen LogP contribution in [0.15, 0.2) is 30.3 Å². The summed E-state index contributed by atoms with van der Waals surface area (Å²) in [5.74, 6) is 1.03. The third-order valence-corrected chi connectivity index (χ3v) is 4.75. The van der Waals surface area contributed by atoms with E-state index in [4.69, 9.17) is 0 Å². The van der Waals surface area contributed by atoms with Gasteiger partial charge in [-0.3, -0.25) is 4.79 Å². The summed E-state index contributed by atoms with van der Waals surface area (Å²) >= 11 is 0. The molecule has 0 radical (unpaired) electrons. The van der Waals surface area contributed by atoms with Gasteiger partial charge in [0.2, 0.25) is 5.91 Å². The first kappa shape index (κ1) is 17.0. The van der Waals surface area contributed by atoms with Gasteiger partial charge in [0.25, 0.3) is 0 Å². The van der Waals surface area contributed by atoms with Gasteiger partial charge in [0.15, 0.2) is 0 Å². The van der Waals surface area contributed by atoms with Crippen molar-refractivity contribution in [3.63, 3.8) is 0 Å². The highest BCUT2D eigenvalue weighted by Gasteiger charge is 2.18. The number of benzene rings is 1. The molecule has 1 atom stereocenters. The zero-order valence-corrected chi connectivity index (χ0v) is 14.1. The van der Waals surface area contributed by atoms with Gasteiger partial charge in [-0.05, 0) is 56.8 Å². The van der Waals surface area contributed by atoms with Gasteiger partial charge in [-0.25, -0.2) is 0 Å². The number of carbonyl (C=O) groups is 1. The van der Waals surface area contributed by atoms with Crippen molar-refractivity contribution in [3.05, 3.63) is 35.9 Å². The predicted octanol–water partition coefficient (Wildman–Crippen LogP) is 3.42. The Morgan fingerprint density at radius 2 is 1.95 bits per heavy atom. The van der Waals surface area contributed by atoms with Crippen molar-refractivity contribution in [2.24, 2.45) is 5.92 Å². The van der Waals surface area contributed by atoms with Crippen LogP contribution in [0.3, 0.4) is 0 Å². The average Bonchev–Trinajstić information content (AvgIpc) is 2.55. The summed E-state index contributed by atoms with van der Waals surface area (Å²) in [5.41, 5.74) is 1.12. The van der Waals surface area contributed by atoms with Gasteiger partial charge in [-0.2, -0.15) is 0 Å². The normalized spacial score (nSPS) is 18.1. The van der Waals surface area contributed by atoms with Gasteiger partial charge < -0.3 is 10.2 Å². The smallest absolute Gasteiger partial charge is 0.227 e. The molecule has 1 unspecified atom stereocenters. The zero-order chi connectivity index (χ0) is 15.8. The molecular weight excluding hydrogens is 272 g/mol. The van der Waals surface area contributed by atoms with Crippen molar-refractivity contribution in [3.8, 4) is 0 Å². The summed E-state index contributed by atoms with van der Waals surface area (Å²) in [6, 6.07) is 10.1. The molecule has 1 heterocycles. The van der Waals surface area contributed by atoms with E-state index in [1.165, 1.54) is 25.9 Å². The molecule has 1 fully saturated rings. The largest absolute Gasteiger partial charge is 0.356 e. The molecule has 0 aliphatic carbocycles. The maximum absolute atomic E-state index is 12.3. The number of rotatable bonds is 7. The van der Waals surface area contributed by atoms with Crippen LogP contribution in [0.4, 0.5) is 0 Å². The third kappa shape index (κ3) is 5.13. The Bertz CT molecular complexity index is 438. The van der Waals surface area contributed by atoms with E-state index in [2.05, 4.69) is 24.1 Å². The summed E-state index contributed by atoms with van der Waals surface area (Å²) in [5, 5.41) is 3.11. The van der Waals surface area contributed by atoms with Crippen molar-refractivity contribution in [2.45, 2.75) is 45.4 Å². The minimum absolute atomic E-state index is 0.0166. The first-order chi connectivity index (χ1) is 10.7. The number of nitrogens with zero attached hydrogens (tertiary/aromatic N) is 1. The highest BCUT2D eigenvalue weighted by Crippen LogP contribution is 2.19. The van der Waals surface area contributed by atoms with E-state index >= 15 is 0 Å². The second-order valence-electron chi connectivity index (χ2n) is 6.54. The lowest BCUT2D eigenvalue weighted by atomic mass is 9.95. The van der Waals surface area contributed by atoms with Crippen molar-refractivity contribution >= 4 is 5.91 Å². The van der Waals surface area contributed by atoms with Crippen LogP contribution in [-0.2, 0) is 4.79 Å². The molecule has 1 aromatic carbocycles. The van der Waals surface area contributed by atoms with Crippen LogP contribution in [-0.4, -0.2) is 37.0 Å². The molecule has 1 aliphatic rings. The van der Waals surface area contributed by atoms with Crippen LogP contribution < -0.4 is 5.32 Å². The topological polar surface area (TPSA) is 32.3 Å². The summed E-state index contributed by atoms with van der Waals surface area (Å²) in [7, 11) is 0. The van der Waals surface area contributed by atoms with Gasteiger partial charge in [0, 0.05) is 6.54 Å². The molecule has 0 aromatic heterocycles. The number of hydrogen-bond donors (Lipinski definition) is 1. The van der Waals surface area contributed by atoms with Crippen LogP contribution in [0.25, 0.3) is 0 Å². The average molecular weight is 302 g/mol. The Balaban J connectivity index is 1.68. The quantitative estimate of drug-likeness (QED) is 0.783. The summed E-state index contributed by atoms with van der Waals surface area (Å²) in [4.78, 5) is 14.9. The van der Waals surface area contributed by atoms with Crippen molar-refractivity contribution < 1.29 is 4.79 Å². The number of carbonyl (C=O) groups excluding carboxylic acids is 1. The Hall–Kier alpha value is -1.35. The standard InChI is InChI=1S/C19H30N2O/c1-3-18(17-8-5-4-6-9-17)19(22)20-12-7-13-21-14-10-16(2)11-15-21/h4-6,8-9,16,18H,3,7,10-15H2,1-2H3,(H,20,22). The second-order valence-corrected chi connectivity index (χ2v) is 6.54. The number of piperidine rings is 1. The molecule has 1 aliphatic heterocycles. The molecule has 22 heavy (non-hydrogen) atoms.